The first-order chi connectivity index (χ1) is 12.1. The Morgan fingerprint density at radius 3 is 2.27 bits per heavy atom. The first-order valence-electron chi connectivity index (χ1n) is 7.97. The highest BCUT2D eigenvalue weighted by Gasteiger charge is 2.21. The normalized spacial score (nSPS) is 11.8. The van der Waals surface area contributed by atoms with Gasteiger partial charge in [-0.15, -0.1) is 0 Å². The van der Waals surface area contributed by atoms with E-state index >= 15 is 0 Å². The third-order valence-corrected chi connectivity index (χ3v) is 4.95. The number of alkyl halides is 1. The molecule has 0 saturated heterocycles. The van der Waals surface area contributed by atoms with Crippen molar-refractivity contribution in [1.82, 2.24) is 0 Å². The molecule has 0 N–H and O–H groups in total. The van der Waals surface area contributed by atoms with Gasteiger partial charge in [0.1, 0.15) is 17.1 Å². The molecule has 0 saturated carbocycles. The molecule has 2 aromatic carbocycles. The van der Waals surface area contributed by atoms with Gasteiger partial charge in [-0.1, -0.05) is 46.3 Å². The first-order valence-corrected chi connectivity index (χ1v) is 10.7. The van der Waals surface area contributed by atoms with Gasteiger partial charge in [0.25, 0.3) is 0 Å². The molecular formula is C19H21BrO5S. The largest absolute Gasteiger partial charge is 0.456 e. The smallest absolute Gasteiger partial charge is 0.338 e. The lowest BCUT2D eigenvalue weighted by molar-refractivity contribution is 0.00690. The average Bonchev–Trinajstić information content (AvgIpc) is 2.52. The predicted octanol–water partition coefficient (Wildman–Crippen LogP) is 4.45. The van der Waals surface area contributed by atoms with Crippen molar-refractivity contribution in [2.24, 2.45) is 0 Å². The fraction of sp³-hybridized carbons (Fsp3) is 0.316. The SMILES string of the molecule is CC(C)(C)OC(=O)c1cc(CBr)cc(OS(=O)(=O)Cc2ccccc2)c1. The fourth-order valence-corrected chi connectivity index (χ4v) is 3.57. The van der Waals surface area contributed by atoms with Gasteiger partial charge in [0.05, 0.1) is 5.56 Å². The van der Waals surface area contributed by atoms with Crippen LogP contribution < -0.4 is 4.18 Å². The van der Waals surface area contributed by atoms with E-state index in [0.29, 0.717) is 16.5 Å². The molecule has 0 aromatic heterocycles. The molecule has 0 unspecified atom stereocenters. The highest BCUT2D eigenvalue weighted by molar-refractivity contribution is 9.08. The van der Waals surface area contributed by atoms with E-state index in [-0.39, 0.29) is 17.1 Å². The van der Waals surface area contributed by atoms with Crippen molar-refractivity contribution < 1.29 is 22.1 Å². The molecule has 5 nitrogen and oxygen atoms in total. The molecule has 0 radical (unpaired) electrons. The number of esters is 1. The molecule has 0 spiro atoms. The number of hydrogen-bond acceptors (Lipinski definition) is 5. The van der Waals surface area contributed by atoms with Gasteiger partial charge >= 0.3 is 16.1 Å². The van der Waals surface area contributed by atoms with E-state index in [2.05, 4.69) is 15.9 Å². The Hall–Kier alpha value is -1.86. The van der Waals surface area contributed by atoms with Crippen LogP contribution in [0.2, 0.25) is 0 Å². The fourth-order valence-electron chi connectivity index (χ4n) is 2.20. The Balaban J connectivity index is 2.25. The molecule has 26 heavy (non-hydrogen) atoms. The van der Waals surface area contributed by atoms with Crippen LogP contribution in [0.15, 0.2) is 48.5 Å². The average molecular weight is 441 g/mol. The molecule has 0 fully saturated rings. The molecule has 0 aliphatic rings. The molecule has 7 heteroatoms. The first kappa shape index (κ1) is 20.5. The summed E-state index contributed by atoms with van der Waals surface area (Å²) in [5.74, 6) is -0.710. The predicted molar refractivity (Wildman–Crippen MR) is 104 cm³/mol. The van der Waals surface area contributed by atoms with Crippen molar-refractivity contribution in [2.45, 2.75) is 37.5 Å². The Morgan fingerprint density at radius 1 is 1.04 bits per heavy atom. The van der Waals surface area contributed by atoms with Crippen LogP contribution in [0.1, 0.15) is 42.3 Å². The van der Waals surface area contributed by atoms with Crippen molar-refractivity contribution in [1.29, 1.82) is 0 Å². The summed E-state index contributed by atoms with van der Waals surface area (Å²) in [4.78, 5) is 12.3. The zero-order valence-electron chi connectivity index (χ0n) is 14.9. The third-order valence-electron chi connectivity index (χ3n) is 3.16. The van der Waals surface area contributed by atoms with E-state index in [1.807, 2.05) is 6.07 Å². The minimum atomic E-state index is -3.86. The second-order valence-electron chi connectivity index (χ2n) is 6.77. The molecule has 0 aliphatic carbocycles. The van der Waals surface area contributed by atoms with E-state index in [1.54, 1.807) is 57.2 Å². The molecule has 0 amide bonds. The van der Waals surface area contributed by atoms with Crippen LogP contribution in [0, 0.1) is 0 Å². The van der Waals surface area contributed by atoms with Crippen LogP contribution in [0.5, 0.6) is 5.75 Å². The maximum atomic E-state index is 12.3. The van der Waals surface area contributed by atoms with E-state index in [0.717, 1.165) is 0 Å². The summed E-state index contributed by atoms with van der Waals surface area (Å²) in [6, 6.07) is 13.3. The Bertz CT molecular complexity index is 871. The highest BCUT2D eigenvalue weighted by Crippen LogP contribution is 2.23. The van der Waals surface area contributed by atoms with Gasteiger partial charge in [0, 0.05) is 5.33 Å². The van der Waals surface area contributed by atoms with E-state index in [1.165, 1.54) is 6.07 Å². The molecule has 2 rings (SSSR count). The van der Waals surface area contributed by atoms with Gasteiger partial charge in [-0.3, -0.25) is 0 Å². The van der Waals surface area contributed by atoms with Gasteiger partial charge < -0.3 is 8.92 Å². The number of halogens is 1. The standard InChI is InChI=1S/C19H21BrO5S/c1-19(2,3)24-18(21)16-9-15(12-20)10-17(11-16)25-26(22,23)13-14-7-5-4-6-8-14/h4-11H,12-13H2,1-3H3. The number of carbonyl (C=O) groups excluding carboxylic acids is 1. The van der Waals surface area contributed by atoms with Crippen molar-refractivity contribution in [3.8, 4) is 5.75 Å². The molecule has 140 valence electrons. The lowest BCUT2D eigenvalue weighted by Crippen LogP contribution is -2.24. The molecule has 0 aliphatic heterocycles. The maximum absolute atomic E-state index is 12.3. The van der Waals surface area contributed by atoms with Crippen molar-refractivity contribution in [3.05, 3.63) is 65.2 Å². The van der Waals surface area contributed by atoms with Crippen LogP contribution >= 0.6 is 15.9 Å². The summed E-state index contributed by atoms with van der Waals surface area (Å²) in [5.41, 5.74) is 0.915. The summed E-state index contributed by atoms with van der Waals surface area (Å²) in [7, 11) is -3.86. The minimum Gasteiger partial charge on any atom is -0.456 e. The lowest BCUT2D eigenvalue weighted by Gasteiger charge is -2.20. The summed E-state index contributed by atoms with van der Waals surface area (Å²) in [6.45, 7) is 5.29. The van der Waals surface area contributed by atoms with Crippen LogP contribution in [0.3, 0.4) is 0 Å². The second-order valence-corrected chi connectivity index (χ2v) is 8.90. The van der Waals surface area contributed by atoms with E-state index in [4.69, 9.17) is 8.92 Å². The Kier molecular flexibility index (Phi) is 6.47. The zero-order chi connectivity index (χ0) is 19.4. The topological polar surface area (TPSA) is 69.7 Å². The summed E-state index contributed by atoms with van der Waals surface area (Å²) in [5, 5.41) is 0.443. The van der Waals surface area contributed by atoms with Gasteiger partial charge in [-0.2, -0.15) is 8.42 Å². The van der Waals surface area contributed by atoms with Crippen molar-refractivity contribution in [2.75, 3.05) is 0 Å². The van der Waals surface area contributed by atoms with Crippen LogP contribution in [0.4, 0.5) is 0 Å². The molecular weight excluding hydrogens is 420 g/mol. The number of rotatable bonds is 6. The van der Waals surface area contributed by atoms with Gasteiger partial charge in [-0.05, 0) is 50.1 Å². The molecule has 2 aromatic rings. The quantitative estimate of drug-likeness (QED) is 0.377. The number of carbonyl (C=O) groups is 1. The number of benzene rings is 2. The number of hydrogen-bond donors (Lipinski definition) is 0. The highest BCUT2D eigenvalue weighted by atomic mass is 79.9. The van der Waals surface area contributed by atoms with Crippen molar-refractivity contribution in [3.63, 3.8) is 0 Å². The summed E-state index contributed by atoms with van der Waals surface area (Å²) in [6.07, 6.45) is 0. The number of ether oxygens (including phenoxy) is 1. The van der Waals surface area contributed by atoms with Crippen LogP contribution in [-0.4, -0.2) is 20.0 Å². The van der Waals surface area contributed by atoms with E-state index in [9.17, 15) is 13.2 Å². The Morgan fingerprint density at radius 2 is 1.69 bits per heavy atom. The third kappa shape index (κ3) is 6.46. The lowest BCUT2D eigenvalue weighted by atomic mass is 10.1. The van der Waals surface area contributed by atoms with Gasteiger partial charge in [0.15, 0.2) is 0 Å². The summed E-state index contributed by atoms with van der Waals surface area (Å²) < 4.78 is 35.2. The van der Waals surface area contributed by atoms with Gasteiger partial charge in [0.2, 0.25) is 0 Å². The monoisotopic (exact) mass is 440 g/mol. The van der Waals surface area contributed by atoms with Crippen molar-refractivity contribution >= 4 is 32.0 Å². The zero-order valence-corrected chi connectivity index (χ0v) is 17.3. The van der Waals surface area contributed by atoms with Crippen LogP contribution in [-0.2, 0) is 25.9 Å². The Labute approximate surface area is 162 Å². The van der Waals surface area contributed by atoms with Gasteiger partial charge in [-0.25, -0.2) is 4.79 Å². The maximum Gasteiger partial charge on any atom is 0.338 e. The van der Waals surface area contributed by atoms with E-state index < -0.39 is 21.7 Å². The molecule has 0 atom stereocenters. The van der Waals surface area contributed by atoms with Crippen LogP contribution in [0.25, 0.3) is 0 Å². The summed E-state index contributed by atoms with van der Waals surface area (Å²) >= 11 is 3.31. The second kappa shape index (κ2) is 8.22. The minimum absolute atomic E-state index is 0.0822. The molecule has 0 heterocycles. The molecule has 0 bridgehead atoms.